The molecule has 4 N–H and O–H groups in total. The second-order valence-corrected chi connectivity index (χ2v) is 8.21. The summed E-state index contributed by atoms with van der Waals surface area (Å²) in [7, 11) is -0.294. The van der Waals surface area contributed by atoms with Crippen molar-refractivity contribution in [1.29, 1.82) is 0 Å². The van der Waals surface area contributed by atoms with E-state index >= 15 is 0 Å². The highest BCUT2D eigenvalue weighted by atomic mass is 19.4. The SMILES string of the molecule is Cc1cc2cc(C(=O)N(Cc3ccc(C(F)(F)F)cn3)N(C)c3ncc(B(O)O)cn3)ccc2nc1N. The Labute approximate surface area is 209 Å². The third-order valence-electron chi connectivity index (χ3n) is 5.60. The van der Waals surface area contributed by atoms with Crippen LogP contribution in [0.2, 0.25) is 0 Å². The molecule has 4 rings (SSSR count). The van der Waals surface area contributed by atoms with Crippen molar-refractivity contribution >= 4 is 41.2 Å². The fourth-order valence-electron chi connectivity index (χ4n) is 3.47. The zero-order chi connectivity index (χ0) is 26.9. The molecule has 0 aliphatic rings. The predicted molar refractivity (Wildman–Crippen MR) is 130 cm³/mol. The first kappa shape index (κ1) is 25.8. The van der Waals surface area contributed by atoms with E-state index in [-0.39, 0.29) is 29.2 Å². The first-order valence-corrected chi connectivity index (χ1v) is 10.9. The summed E-state index contributed by atoms with van der Waals surface area (Å²) in [5, 5.41) is 21.8. The lowest BCUT2D eigenvalue weighted by molar-refractivity contribution is -0.137. The zero-order valence-electron chi connectivity index (χ0n) is 19.7. The van der Waals surface area contributed by atoms with Gasteiger partial charge in [-0.1, -0.05) is 0 Å². The number of rotatable bonds is 6. The summed E-state index contributed by atoms with van der Waals surface area (Å²) in [5.41, 5.74) is 6.76. The molecule has 0 saturated heterocycles. The van der Waals surface area contributed by atoms with E-state index in [1.165, 1.54) is 35.5 Å². The van der Waals surface area contributed by atoms with Crippen LogP contribution >= 0.6 is 0 Å². The molecule has 37 heavy (non-hydrogen) atoms. The van der Waals surface area contributed by atoms with Gasteiger partial charge in [-0.3, -0.25) is 14.8 Å². The van der Waals surface area contributed by atoms with Crippen LogP contribution in [-0.2, 0) is 12.7 Å². The van der Waals surface area contributed by atoms with Gasteiger partial charge < -0.3 is 15.8 Å². The standard InChI is InChI=1S/C23H21BF3N7O3/c1-13-7-15-8-14(3-6-19(15)32-20(13)28)21(35)34(12-18-5-4-16(9-29-18)23(25,26)27)33(2)22-30-10-17(11-31-22)24(36)37/h3-11,36-37H,12H2,1-2H3,(H2,28,32). The van der Waals surface area contributed by atoms with Gasteiger partial charge in [-0.2, -0.15) is 13.2 Å². The van der Waals surface area contributed by atoms with E-state index in [9.17, 15) is 28.0 Å². The van der Waals surface area contributed by atoms with Crippen LogP contribution in [0.3, 0.4) is 0 Å². The Morgan fingerprint density at radius 1 is 1.05 bits per heavy atom. The highest BCUT2D eigenvalue weighted by Gasteiger charge is 2.31. The Bertz CT molecular complexity index is 1430. The summed E-state index contributed by atoms with van der Waals surface area (Å²) in [5.74, 6) is -0.124. The molecule has 0 radical (unpaired) electrons. The minimum absolute atomic E-state index is 0.0238. The van der Waals surface area contributed by atoms with Crippen molar-refractivity contribution in [3.05, 3.63) is 77.4 Å². The van der Waals surface area contributed by atoms with E-state index in [0.717, 1.165) is 11.6 Å². The Hall–Kier alpha value is -4.30. The number of pyridine rings is 2. The molecule has 4 aromatic rings. The number of fused-ring (bicyclic) bond motifs is 1. The lowest BCUT2D eigenvalue weighted by atomic mass is 9.83. The number of nitrogens with zero attached hydrogens (tertiary/aromatic N) is 6. The molecule has 1 aromatic carbocycles. The van der Waals surface area contributed by atoms with Gasteiger partial charge >= 0.3 is 13.3 Å². The maximum absolute atomic E-state index is 13.7. The molecule has 0 bridgehead atoms. The number of hydrogen-bond donors (Lipinski definition) is 3. The number of alkyl halides is 3. The number of nitrogen functional groups attached to an aromatic ring is 1. The summed E-state index contributed by atoms with van der Waals surface area (Å²) < 4.78 is 38.9. The molecule has 1 amide bonds. The molecule has 3 heterocycles. The van der Waals surface area contributed by atoms with Crippen LogP contribution in [0.1, 0.15) is 27.2 Å². The van der Waals surface area contributed by atoms with E-state index < -0.39 is 24.8 Å². The summed E-state index contributed by atoms with van der Waals surface area (Å²) >= 11 is 0. The Kier molecular flexibility index (Phi) is 6.96. The summed E-state index contributed by atoms with van der Waals surface area (Å²) in [6, 6.07) is 8.68. The van der Waals surface area contributed by atoms with Crippen LogP contribution in [0, 0.1) is 6.92 Å². The number of aryl methyl sites for hydroxylation is 1. The third-order valence-corrected chi connectivity index (χ3v) is 5.60. The van der Waals surface area contributed by atoms with Gasteiger partial charge in [0.05, 0.1) is 23.3 Å². The van der Waals surface area contributed by atoms with Crippen molar-refractivity contribution in [2.45, 2.75) is 19.6 Å². The van der Waals surface area contributed by atoms with E-state index in [1.54, 1.807) is 31.2 Å². The Balaban J connectivity index is 1.71. The summed E-state index contributed by atoms with van der Waals surface area (Å²) in [6.45, 7) is 1.58. The van der Waals surface area contributed by atoms with E-state index in [0.29, 0.717) is 22.9 Å². The second kappa shape index (κ2) is 9.99. The number of nitrogens with two attached hydrogens (primary N) is 1. The van der Waals surface area contributed by atoms with Gasteiger partial charge in [-0.15, -0.1) is 0 Å². The van der Waals surface area contributed by atoms with Gasteiger partial charge in [0.1, 0.15) is 5.82 Å². The molecule has 0 fully saturated rings. The lowest BCUT2D eigenvalue weighted by Gasteiger charge is -2.32. The number of benzene rings is 1. The van der Waals surface area contributed by atoms with E-state index in [4.69, 9.17) is 5.73 Å². The number of aromatic nitrogens is 4. The molecule has 0 spiro atoms. The monoisotopic (exact) mass is 511 g/mol. The average Bonchev–Trinajstić information content (AvgIpc) is 2.86. The van der Waals surface area contributed by atoms with Crippen LogP contribution in [-0.4, -0.2) is 55.1 Å². The average molecular weight is 511 g/mol. The van der Waals surface area contributed by atoms with Gasteiger partial charge in [0, 0.05) is 42.1 Å². The lowest BCUT2D eigenvalue weighted by Crippen LogP contribution is -2.45. The molecule has 14 heteroatoms. The number of hydrogen-bond acceptors (Lipinski definition) is 9. The van der Waals surface area contributed by atoms with Crippen molar-refractivity contribution in [3.63, 3.8) is 0 Å². The highest BCUT2D eigenvalue weighted by molar-refractivity contribution is 6.58. The predicted octanol–water partition coefficient (Wildman–Crippen LogP) is 1.70. The zero-order valence-corrected chi connectivity index (χ0v) is 19.7. The van der Waals surface area contributed by atoms with Crippen LogP contribution in [0.5, 0.6) is 0 Å². The van der Waals surface area contributed by atoms with Crippen molar-refractivity contribution < 1.29 is 28.0 Å². The van der Waals surface area contributed by atoms with Crippen molar-refractivity contribution in [1.82, 2.24) is 24.9 Å². The van der Waals surface area contributed by atoms with Gasteiger partial charge in [0.15, 0.2) is 0 Å². The van der Waals surface area contributed by atoms with Gasteiger partial charge in [0.2, 0.25) is 5.95 Å². The van der Waals surface area contributed by atoms with Gasteiger partial charge in [-0.05, 0) is 48.9 Å². The fraction of sp³-hybridized carbons (Fsp3) is 0.174. The normalized spacial score (nSPS) is 11.4. The number of amides is 1. The Morgan fingerprint density at radius 3 is 2.35 bits per heavy atom. The minimum Gasteiger partial charge on any atom is -0.423 e. The molecule has 0 aliphatic carbocycles. The van der Waals surface area contributed by atoms with Crippen LogP contribution in [0.4, 0.5) is 24.9 Å². The quantitative estimate of drug-likeness (QED) is 0.261. The number of anilines is 2. The third kappa shape index (κ3) is 5.60. The molecule has 10 nitrogen and oxygen atoms in total. The topological polar surface area (TPSA) is 142 Å². The summed E-state index contributed by atoms with van der Waals surface area (Å²) in [4.78, 5) is 30.0. The molecule has 190 valence electrons. The van der Waals surface area contributed by atoms with E-state index in [1.807, 2.05) is 0 Å². The van der Waals surface area contributed by atoms with Gasteiger partial charge in [-0.25, -0.2) is 20.0 Å². The van der Waals surface area contributed by atoms with Crippen molar-refractivity contribution in [2.75, 3.05) is 17.8 Å². The molecule has 0 saturated carbocycles. The fourth-order valence-corrected chi connectivity index (χ4v) is 3.47. The second-order valence-electron chi connectivity index (χ2n) is 8.21. The number of carbonyl (C=O) groups is 1. The summed E-state index contributed by atoms with van der Waals surface area (Å²) in [6.07, 6.45) is -1.50. The van der Waals surface area contributed by atoms with Crippen molar-refractivity contribution in [2.24, 2.45) is 0 Å². The van der Waals surface area contributed by atoms with Crippen LogP contribution in [0.25, 0.3) is 10.9 Å². The van der Waals surface area contributed by atoms with Gasteiger partial charge in [0.25, 0.3) is 5.91 Å². The number of halogens is 3. The smallest absolute Gasteiger partial charge is 0.423 e. The highest BCUT2D eigenvalue weighted by Crippen LogP contribution is 2.29. The maximum atomic E-state index is 13.7. The molecular weight excluding hydrogens is 490 g/mol. The first-order chi connectivity index (χ1) is 17.4. The van der Waals surface area contributed by atoms with E-state index in [2.05, 4.69) is 19.9 Å². The largest absolute Gasteiger partial charge is 0.491 e. The molecule has 3 aromatic heterocycles. The molecule has 0 unspecified atom stereocenters. The van der Waals surface area contributed by atoms with Crippen LogP contribution < -0.4 is 16.2 Å². The molecular formula is C23H21BF3N7O3. The molecule has 0 atom stereocenters. The number of carbonyl (C=O) groups excluding carboxylic acids is 1. The Morgan fingerprint density at radius 2 is 1.76 bits per heavy atom. The first-order valence-electron chi connectivity index (χ1n) is 10.9. The minimum atomic E-state index is -4.55. The van der Waals surface area contributed by atoms with Crippen molar-refractivity contribution in [3.8, 4) is 0 Å². The number of hydrazine groups is 1. The maximum Gasteiger partial charge on any atom is 0.491 e. The van der Waals surface area contributed by atoms with Crippen LogP contribution in [0.15, 0.2) is 55.0 Å². The molecule has 0 aliphatic heterocycles.